The van der Waals surface area contributed by atoms with Crippen molar-refractivity contribution in [1.29, 1.82) is 0 Å². The van der Waals surface area contributed by atoms with Crippen molar-refractivity contribution in [1.82, 2.24) is 19.9 Å². The van der Waals surface area contributed by atoms with Gasteiger partial charge in [-0.3, -0.25) is 0 Å². The molecule has 566 valence electrons. The molecule has 117 heavy (non-hydrogen) atoms. The summed E-state index contributed by atoms with van der Waals surface area (Å²) in [5, 5.41) is 0. The van der Waals surface area contributed by atoms with Crippen molar-refractivity contribution in [3.05, 3.63) is 457 Å². The molecule has 4 heterocycles. The molecule has 0 N–H and O–H groups in total. The third-order valence-electron chi connectivity index (χ3n) is 20.9. The van der Waals surface area contributed by atoms with Gasteiger partial charge in [0.25, 0.3) is 0 Å². The first kappa shape index (κ1) is 78.0. The van der Waals surface area contributed by atoms with Crippen LogP contribution in [0.15, 0.2) is 406 Å². The Hall–Kier alpha value is -14.3. The molecule has 0 radical (unpaired) electrons. The highest BCUT2D eigenvalue weighted by atomic mass is 14.7. The lowest BCUT2D eigenvalue weighted by molar-refractivity contribution is 1.31. The van der Waals surface area contributed by atoms with Crippen LogP contribution in [0.4, 0.5) is 0 Å². The van der Waals surface area contributed by atoms with Crippen molar-refractivity contribution in [3.63, 3.8) is 0 Å². The van der Waals surface area contributed by atoms with E-state index in [0.29, 0.717) is 0 Å². The van der Waals surface area contributed by atoms with Gasteiger partial charge in [0.2, 0.25) is 0 Å². The molecule has 18 rings (SSSR count). The average Bonchev–Trinajstić information content (AvgIpc) is 0.815. The summed E-state index contributed by atoms with van der Waals surface area (Å²) in [6.07, 6.45) is 0. The van der Waals surface area contributed by atoms with E-state index in [1.807, 2.05) is 12.1 Å². The molecule has 4 nitrogen and oxygen atoms in total. The van der Waals surface area contributed by atoms with Gasteiger partial charge < -0.3 is 0 Å². The Morgan fingerprint density at radius 1 is 0.103 bits per heavy atom. The molecule has 14 aromatic carbocycles. The second-order valence-electron chi connectivity index (χ2n) is 30.6. The van der Waals surface area contributed by atoms with Crippen molar-refractivity contribution >= 4 is 0 Å². The third kappa shape index (κ3) is 20.2. The smallest absolute Gasteiger partial charge is 0.0715 e. The van der Waals surface area contributed by atoms with Crippen molar-refractivity contribution in [3.8, 4) is 157 Å². The first-order valence-corrected chi connectivity index (χ1v) is 40.2. The second-order valence-corrected chi connectivity index (χ2v) is 30.6. The summed E-state index contributed by atoms with van der Waals surface area (Å²) >= 11 is 0. The highest BCUT2D eigenvalue weighted by molar-refractivity contribution is 5.84. The molecule has 0 aliphatic rings. The Morgan fingerprint density at radius 3 is 0.453 bits per heavy atom. The first-order valence-electron chi connectivity index (χ1n) is 40.2. The van der Waals surface area contributed by atoms with E-state index < -0.39 is 0 Å². The van der Waals surface area contributed by atoms with Crippen LogP contribution in [0.1, 0.15) is 50.1 Å². The number of pyridine rings is 4. The van der Waals surface area contributed by atoms with Crippen molar-refractivity contribution < 1.29 is 0 Å². The van der Waals surface area contributed by atoms with Gasteiger partial charge in [-0.15, -0.1) is 0 Å². The molecule has 0 bridgehead atoms. The number of benzene rings is 14. The Labute approximate surface area is 691 Å². The summed E-state index contributed by atoms with van der Waals surface area (Å²) in [6, 6.07) is 144. The monoisotopic (exact) mass is 1510 g/mol. The zero-order chi connectivity index (χ0) is 80.6. The lowest BCUT2D eigenvalue weighted by Gasteiger charge is -2.12. The fraction of sp³-hybridized carbons (Fsp3) is 0.0796. The summed E-state index contributed by atoms with van der Waals surface area (Å²) in [5.74, 6) is 0. The standard InChI is InChI=1S/C37H29N.C26H23N.2C25H21N/c1-26-10-6-14-29(20-26)31-16-8-18-33(22-31)36-24-35(28-12-4-3-5-13-28)25-37(38-36)34-19-9-17-32(23-34)30-15-7-11-27(2)21-30;1-18-7-4-10-21(13-18)24-16-25(22-11-5-8-19(2)14-22)27-26(17-24)23-12-6-9-20(3)15-23;1-18-8-6-12-21(14-18)23-16-24(20-10-4-3-5-11-20)26-25(17-23)22-13-7-9-19(2)15-22;1-18-8-6-12-21(14-18)24-16-23(20-10-4-3-5-11-20)17-25(26-24)22-13-7-9-19(2)15-22/h3-25H,1-2H3;4-17H,1-3H3;2*3-17H,1-2H3. The van der Waals surface area contributed by atoms with Gasteiger partial charge in [-0.05, 0) is 220 Å². The highest BCUT2D eigenvalue weighted by Crippen LogP contribution is 2.38. The number of hydrogen-bond donors (Lipinski definition) is 0. The SMILES string of the molecule is Cc1cccc(-c2cc(-c3cccc(C)c3)nc(-c3cccc(C)c3)c2)c1.Cc1cccc(-c2cc(-c3ccccc3)cc(-c3cccc(C)c3)n2)c1.Cc1cccc(-c2cc(-c3ccccc3)nc(-c3cccc(C)c3)c2)c1.Cc1cccc(-c2cccc(-c3cc(-c4ccccc4)cc(-c4cccc(-c5cccc(C)c5)c4)n3)c2)c1. The molecule has 0 unspecified atom stereocenters. The Kier molecular flexibility index (Phi) is 24.4. The van der Waals surface area contributed by atoms with Gasteiger partial charge in [-0.1, -0.05) is 366 Å². The minimum Gasteiger partial charge on any atom is -0.248 e. The van der Waals surface area contributed by atoms with Crippen LogP contribution >= 0.6 is 0 Å². The fourth-order valence-electron chi connectivity index (χ4n) is 14.9. The van der Waals surface area contributed by atoms with E-state index in [1.165, 1.54) is 111 Å². The second kappa shape index (κ2) is 36.7. The number of hydrogen-bond acceptors (Lipinski definition) is 4. The summed E-state index contributed by atoms with van der Waals surface area (Å²) in [4.78, 5) is 20.2. The molecule has 0 saturated heterocycles. The zero-order valence-electron chi connectivity index (χ0n) is 68.0. The van der Waals surface area contributed by atoms with E-state index >= 15 is 0 Å². The normalized spacial score (nSPS) is 10.8. The zero-order valence-corrected chi connectivity index (χ0v) is 68.0. The van der Waals surface area contributed by atoms with Crippen molar-refractivity contribution in [2.75, 3.05) is 0 Å². The van der Waals surface area contributed by atoms with Gasteiger partial charge in [0.15, 0.2) is 0 Å². The summed E-state index contributed by atoms with van der Waals surface area (Å²) in [7, 11) is 0. The van der Waals surface area contributed by atoms with Crippen LogP contribution in [0.25, 0.3) is 157 Å². The molecule has 4 aromatic heterocycles. The summed E-state index contributed by atoms with van der Waals surface area (Å²) < 4.78 is 0. The number of aromatic nitrogens is 4. The van der Waals surface area contributed by atoms with Crippen LogP contribution < -0.4 is 0 Å². The lowest BCUT2D eigenvalue weighted by atomic mass is 9.96. The third-order valence-corrected chi connectivity index (χ3v) is 20.9. The molecule has 0 spiro atoms. The Bertz CT molecular complexity index is 5930. The number of rotatable bonds is 14. The van der Waals surface area contributed by atoms with Gasteiger partial charge in [0.1, 0.15) is 0 Å². The van der Waals surface area contributed by atoms with E-state index in [9.17, 15) is 0 Å². The van der Waals surface area contributed by atoms with Crippen LogP contribution in [-0.4, -0.2) is 19.9 Å². The molecule has 0 fully saturated rings. The minimum absolute atomic E-state index is 0.969. The van der Waals surface area contributed by atoms with E-state index in [2.05, 4.69) is 457 Å². The van der Waals surface area contributed by atoms with Crippen LogP contribution in [0.5, 0.6) is 0 Å². The quantitative estimate of drug-likeness (QED) is 0.109. The van der Waals surface area contributed by atoms with Gasteiger partial charge in [-0.2, -0.15) is 0 Å². The molecule has 4 heteroatoms. The van der Waals surface area contributed by atoms with Gasteiger partial charge in [0.05, 0.1) is 45.6 Å². The van der Waals surface area contributed by atoms with Gasteiger partial charge in [-0.25, -0.2) is 19.9 Å². The van der Waals surface area contributed by atoms with Crippen LogP contribution in [-0.2, 0) is 0 Å². The number of nitrogens with zero attached hydrogens (tertiary/aromatic N) is 4. The summed E-state index contributed by atoms with van der Waals surface area (Å²) in [6.45, 7) is 19.1. The number of aryl methyl sites for hydroxylation is 9. The first-order chi connectivity index (χ1) is 57.1. The maximum atomic E-state index is 5.20. The Balaban J connectivity index is 0.000000124. The largest absolute Gasteiger partial charge is 0.248 e. The van der Waals surface area contributed by atoms with E-state index in [1.54, 1.807) is 0 Å². The van der Waals surface area contributed by atoms with Crippen LogP contribution in [0.3, 0.4) is 0 Å². The molecule has 0 amide bonds. The maximum absolute atomic E-state index is 5.20. The summed E-state index contributed by atoms with van der Waals surface area (Å²) in [5.41, 5.74) is 42.7. The molecule has 0 aliphatic heterocycles. The van der Waals surface area contributed by atoms with E-state index in [0.717, 1.165) is 95.6 Å². The fourth-order valence-corrected chi connectivity index (χ4v) is 14.9. The average molecular weight is 1510 g/mol. The van der Waals surface area contributed by atoms with Crippen molar-refractivity contribution in [2.24, 2.45) is 0 Å². The lowest BCUT2D eigenvalue weighted by Crippen LogP contribution is -1.92. The predicted octanol–water partition coefficient (Wildman–Crippen LogP) is 30.4. The topological polar surface area (TPSA) is 51.6 Å². The van der Waals surface area contributed by atoms with Crippen LogP contribution in [0.2, 0.25) is 0 Å². The molecule has 0 aliphatic carbocycles. The minimum atomic E-state index is 0.969. The molecule has 0 atom stereocenters. The molecule has 18 aromatic rings. The van der Waals surface area contributed by atoms with Crippen LogP contribution in [0, 0.1) is 62.3 Å². The maximum Gasteiger partial charge on any atom is 0.0715 e. The van der Waals surface area contributed by atoms with Gasteiger partial charge >= 0.3 is 0 Å². The molecule has 0 saturated carbocycles. The molecular weight excluding hydrogens is 1410 g/mol. The van der Waals surface area contributed by atoms with Gasteiger partial charge in [0, 0.05) is 44.5 Å². The molecular formula is C113H94N4. The predicted molar refractivity (Wildman–Crippen MR) is 496 cm³/mol. The van der Waals surface area contributed by atoms with E-state index in [4.69, 9.17) is 19.9 Å². The van der Waals surface area contributed by atoms with Crippen molar-refractivity contribution in [2.45, 2.75) is 62.3 Å². The highest BCUT2D eigenvalue weighted by Gasteiger charge is 2.16. The Morgan fingerprint density at radius 2 is 0.239 bits per heavy atom. The van der Waals surface area contributed by atoms with E-state index in [-0.39, 0.29) is 0 Å².